The molecule has 0 unspecified atom stereocenters. The number of hydrogen-bond donors (Lipinski definition) is 1. The Morgan fingerprint density at radius 3 is 2.52 bits per heavy atom. The zero-order valence-corrected chi connectivity index (χ0v) is 15.1. The quantitative estimate of drug-likeness (QED) is 0.884. The molecule has 0 aromatic carbocycles. The van der Waals surface area contributed by atoms with E-state index in [-0.39, 0.29) is 11.8 Å². The monoisotopic (exact) mass is 359 g/mol. The van der Waals surface area contributed by atoms with E-state index < -0.39 is 0 Å². The summed E-state index contributed by atoms with van der Waals surface area (Å²) in [5.41, 5.74) is 2.31. The predicted molar refractivity (Wildman–Crippen MR) is 93.9 cm³/mol. The largest absolute Gasteiger partial charge is 0.337 e. The van der Waals surface area contributed by atoms with Crippen LogP contribution < -0.4 is 0 Å². The van der Waals surface area contributed by atoms with Crippen LogP contribution in [-0.4, -0.2) is 63.0 Å². The number of rotatable bonds is 2. The SMILES string of the molecule is Cc1cc(C(=O)N2CCc3nc(C(=O)N4CCCC4)sc3CC2)n[nH]1. The number of carbonyl (C=O) groups excluding carboxylic acids is 2. The highest BCUT2D eigenvalue weighted by Crippen LogP contribution is 2.25. The highest BCUT2D eigenvalue weighted by Gasteiger charge is 2.27. The summed E-state index contributed by atoms with van der Waals surface area (Å²) in [5.74, 6) is 0.0170. The average molecular weight is 359 g/mol. The molecule has 1 fully saturated rings. The van der Waals surface area contributed by atoms with Gasteiger partial charge in [-0.15, -0.1) is 11.3 Å². The number of aromatic amines is 1. The minimum Gasteiger partial charge on any atom is -0.337 e. The number of carbonyl (C=O) groups is 2. The molecule has 0 saturated carbocycles. The van der Waals surface area contributed by atoms with E-state index >= 15 is 0 Å². The highest BCUT2D eigenvalue weighted by atomic mass is 32.1. The molecule has 0 atom stereocenters. The Bertz CT molecular complexity index is 780. The number of fused-ring (bicyclic) bond motifs is 1. The number of likely N-dealkylation sites (tertiary alicyclic amines) is 1. The molecule has 0 aliphatic carbocycles. The molecule has 2 aliphatic rings. The maximum absolute atomic E-state index is 12.6. The van der Waals surface area contributed by atoms with Gasteiger partial charge >= 0.3 is 0 Å². The summed E-state index contributed by atoms with van der Waals surface area (Å²) < 4.78 is 0. The van der Waals surface area contributed by atoms with Gasteiger partial charge in [-0.2, -0.15) is 5.10 Å². The van der Waals surface area contributed by atoms with Crippen molar-refractivity contribution < 1.29 is 9.59 Å². The Kier molecular flexibility index (Phi) is 4.29. The van der Waals surface area contributed by atoms with E-state index in [2.05, 4.69) is 15.2 Å². The van der Waals surface area contributed by atoms with Gasteiger partial charge in [0, 0.05) is 49.6 Å². The van der Waals surface area contributed by atoms with Crippen molar-refractivity contribution in [2.45, 2.75) is 32.6 Å². The molecule has 25 heavy (non-hydrogen) atoms. The molecule has 2 amide bonds. The van der Waals surface area contributed by atoms with Crippen LogP contribution in [0.3, 0.4) is 0 Å². The van der Waals surface area contributed by atoms with Gasteiger partial charge in [-0.3, -0.25) is 14.7 Å². The van der Waals surface area contributed by atoms with E-state index in [1.54, 1.807) is 6.07 Å². The van der Waals surface area contributed by atoms with Crippen LogP contribution in [0.5, 0.6) is 0 Å². The van der Waals surface area contributed by atoms with E-state index in [1.807, 2.05) is 16.7 Å². The number of thiazole rings is 1. The third kappa shape index (κ3) is 3.18. The first-order chi connectivity index (χ1) is 12.1. The summed E-state index contributed by atoms with van der Waals surface area (Å²) in [7, 11) is 0. The van der Waals surface area contributed by atoms with Gasteiger partial charge in [0.05, 0.1) is 5.69 Å². The second-order valence-electron chi connectivity index (χ2n) is 6.62. The number of aromatic nitrogens is 3. The van der Waals surface area contributed by atoms with Crippen molar-refractivity contribution in [2.75, 3.05) is 26.2 Å². The summed E-state index contributed by atoms with van der Waals surface area (Å²) in [6.45, 7) is 4.81. The zero-order chi connectivity index (χ0) is 17.4. The Morgan fingerprint density at radius 2 is 1.80 bits per heavy atom. The standard InChI is InChI=1S/C17H21N5O2S/c1-11-10-13(20-19-11)16(23)22-8-4-12-14(5-9-22)25-15(18-12)17(24)21-6-2-3-7-21/h10H,2-9H2,1H3,(H,19,20). The van der Waals surface area contributed by atoms with E-state index in [1.165, 1.54) is 11.3 Å². The predicted octanol–water partition coefficient (Wildman–Crippen LogP) is 1.65. The maximum Gasteiger partial charge on any atom is 0.282 e. The van der Waals surface area contributed by atoms with E-state index in [0.29, 0.717) is 30.2 Å². The Balaban J connectivity index is 1.45. The zero-order valence-electron chi connectivity index (χ0n) is 14.2. The molecule has 8 heteroatoms. The van der Waals surface area contributed by atoms with Crippen molar-refractivity contribution in [1.82, 2.24) is 25.0 Å². The molecule has 7 nitrogen and oxygen atoms in total. The van der Waals surface area contributed by atoms with Crippen LogP contribution in [0.2, 0.25) is 0 Å². The van der Waals surface area contributed by atoms with Gasteiger partial charge < -0.3 is 9.80 Å². The fourth-order valence-corrected chi connectivity index (χ4v) is 4.47. The van der Waals surface area contributed by atoms with E-state index in [9.17, 15) is 9.59 Å². The van der Waals surface area contributed by atoms with E-state index in [4.69, 9.17) is 0 Å². The van der Waals surface area contributed by atoms with Crippen molar-refractivity contribution in [3.63, 3.8) is 0 Å². The van der Waals surface area contributed by atoms with Gasteiger partial charge in [-0.05, 0) is 25.8 Å². The first-order valence-corrected chi connectivity index (χ1v) is 9.52. The number of nitrogens with zero attached hydrogens (tertiary/aromatic N) is 4. The van der Waals surface area contributed by atoms with Crippen molar-refractivity contribution in [1.29, 1.82) is 0 Å². The number of nitrogens with one attached hydrogen (secondary N) is 1. The van der Waals surface area contributed by atoms with Crippen molar-refractivity contribution >= 4 is 23.2 Å². The number of H-pyrrole nitrogens is 1. The van der Waals surface area contributed by atoms with E-state index in [0.717, 1.165) is 48.6 Å². The second kappa shape index (κ2) is 6.59. The summed E-state index contributed by atoms with van der Waals surface area (Å²) in [6.07, 6.45) is 3.60. The Hall–Kier alpha value is -2.22. The van der Waals surface area contributed by atoms with Gasteiger partial charge in [-0.1, -0.05) is 0 Å². The van der Waals surface area contributed by atoms with Crippen LogP contribution in [-0.2, 0) is 12.8 Å². The molecule has 1 saturated heterocycles. The fourth-order valence-electron chi connectivity index (χ4n) is 3.40. The summed E-state index contributed by atoms with van der Waals surface area (Å²) >= 11 is 1.50. The Labute approximate surface area is 150 Å². The summed E-state index contributed by atoms with van der Waals surface area (Å²) in [4.78, 5) is 34.5. The fraction of sp³-hybridized carbons (Fsp3) is 0.529. The number of aryl methyl sites for hydroxylation is 1. The average Bonchev–Trinajstić information content (AvgIpc) is 3.33. The maximum atomic E-state index is 12.6. The van der Waals surface area contributed by atoms with Gasteiger partial charge in [0.15, 0.2) is 5.01 Å². The molecule has 1 N–H and O–H groups in total. The Morgan fingerprint density at radius 1 is 1.08 bits per heavy atom. The van der Waals surface area contributed by atoms with Crippen molar-refractivity contribution in [3.05, 3.63) is 33.0 Å². The minimum atomic E-state index is -0.0483. The molecule has 4 rings (SSSR count). The molecule has 0 bridgehead atoms. The van der Waals surface area contributed by atoms with Gasteiger partial charge in [0.2, 0.25) is 0 Å². The molecular formula is C17H21N5O2S. The van der Waals surface area contributed by atoms with Crippen LogP contribution in [0.1, 0.15) is 49.4 Å². The van der Waals surface area contributed by atoms with Crippen LogP contribution in [0.4, 0.5) is 0 Å². The molecule has 2 aromatic rings. The van der Waals surface area contributed by atoms with Crippen LogP contribution >= 0.6 is 11.3 Å². The van der Waals surface area contributed by atoms with Crippen molar-refractivity contribution in [3.8, 4) is 0 Å². The molecule has 4 heterocycles. The third-order valence-electron chi connectivity index (χ3n) is 4.79. The summed E-state index contributed by atoms with van der Waals surface area (Å²) in [6, 6.07) is 1.77. The lowest BCUT2D eigenvalue weighted by Crippen LogP contribution is -2.33. The van der Waals surface area contributed by atoms with Crippen LogP contribution in [0.15, 0.2) is 6.07 Å². The molecule has 0 radical (unpaired) electrons. The minimum absolute atomic E-state index is 0.0483. The first-order valence-electron chi connectivity index (χ1n) is 8.71. The molecule has 2 aliphatic heterocycles. The smallest absolute Gasteiger partial charge is 0.282 e. The lowest BCUT2D eigenvalue weighted by Gasteiger charge is -2.18. The van der Waals surface area contributed by atoms with Gasteiger partial charge in [0.25, 0.3) is 11.8 Å². The second-order valence-corrected chi connectivity index (χ2v) is 7.70. The third-order valence-corrected chi connectivity index (χ3v) is 5.94. The molecule has 0 spiro atoms. The first kappa shape index (κ1) is 16.3. The lowest BCUT2D eigenvalue weighted by atomic mass is 10.2. The van der Waals surface area contributed by atoms with Gasteiger partial charge in [-0.25, -0.2) is 4.98 Å². The van der Waals surface area contributed by atoms with Crippen molar-refractivity contribution in [2.24, 2.45) is 0 Å². The molecule has 132 valence electrons. The molecular weight excluding hydrogens is 338 g/mol. The van der Waals surface area contributed by atoms with Crippen LogP contribution in [0.25, 0.3) is 0 Å². The normalized spacial score (nSPS) is 17.5. The number of amides is 2. The van der Waals surface area contributed by atoms with Gasteiger partial charge in [0.1, 0.15) is 5.69 Å². The highest BCUT2D eigenvalue weighted by molar-refractivity contribution is 7.13. The molecule has 2 aromatic heterocycles. The van der Waals surface area contributed by atoms with Crippen LogP contribution in [0, 0.1) is 6.92 Å². The number of hydrogen-bond acceptors (Lipinski definition) is 5. The lowest BCUT2D eigenvalue weighted by molar-refractivity contribution is 0.0754. The summed E-state index contributed by atoms with van der Waals surface area (Å²) in [5, 5.41) is 7.48. The topological polar surface area (TPSA) is 82.2 Å².